The third-order valence-corrected chi connectivity index (χ3v) is 6.22. The van der Waals surface area contributed by atoms with E-state index in [-0.39, 0.29) is 17.4 Å². The molecule has 4 rings (SSSR count). The summed E-state index contributed by atoms with van der Waals surface area (Å²) in [6.07, 6.45) is 1.49. The Balaban J connectivity index is 1.48. The summed E-state index contributed by atoms with van der Waals surface area (Å²) in [5.74, 6) is 1.60. The van der Waals surface area contributed by atoms with E-state index in [0.717, 1.165) is 22.6 Å². The molecule has 0 radical (unpaired) electrons. The number of aromatic hydroxyl groups is 1. The first-order valence-electron chi connectivity index (χ1n) is 11.6. The molecule has 2 N–H and O–H groups in total. The molecule has 0 aliphatic rings. The van der Waals surface area contributed by atoms with Crippen LogP contribution in [0, 0.1) is 6.92 Å². The molecule has 1 heterocycles. The van der Waals surface area contributed by atoms with Crippen molar-refractivity contribution in [2.75, 3.05) is 19.5 Å². The highest BCUT2D eigenvalue weighted by atomic mass is 32.2. The van der Waals surface area contributed by atoms with Gasteiger partial charge < -0.3 is 14.6 Å². The van der Waals surface area contributed by atoms with Crippen LogP contribution in [0.2, 0.25) is 0 Å². The maximum Gasteiger partial charge on any atom is 0.250 e. The highest BCUT2D eigenvalue weighted by molar-refractivity contribution is 7.99. The molecule has 0 saturated carbocycles. The van der Waals surface area contributed by atoms with Crippen LogP contribution in [0.1, 0.15) is 18.1 Å². The number of amides is 1. The molecule has 0 spiro atoms. The number of thioether (sulfide) groups is 1. The average Bonchev–Trinajstić information content (AvgIpc) is 3.34. The van der Waals surface area contributed by atoms with Gasteiger partial charge in [-0.25, -0.2) is 5.43 Å². The SMILES string of the molecule is CCOc1cc(/C=N/NC(=O)CSc2nnc(-c3ccc(OC)cc3)n2-c2ccc(C)cc2)ccc1O. The highest BCUT2D eigenvalue weighted by Crippen LogP contribution is 2.29. The summed E-state index contributed by atoms with van der Waals surface area (Å²) in [5, 5.41) is 23.2. The van der Waals surface area contributed by atoms with Crippen LogP contribution < -0.4 is 14.9 Å². The zero-order chi connectivity index (χ0) is 26.2. The number of ether oxygens (including phenoxy) is 2. The largest absolute Gasteiger partial charge is 0.504 e. The van der Waals surface area contributed by atoms with E-state index in [0.29, 0.717) is 28.9 Å². The maximum absolute atomic E-state index is 12.5. The summed E-state index contributed by atoms with van der Waals surface area (Å²) >= 11 is 1.26. The number of methoxy groups -OCH3 is 1. The van der Waals surface area contributed by atoms with Gasteiger partial charge in [0.25, 0.3) is 5.91 Å². The summed E-state index contributed by atoms with van der Waals surface area (Å²) in [6.45, 7) is 4.28. The number of phenols is 1. The lowest BCUT2D eigenvalue weighted by Gasteiger charge is -2.11. The number of nitrogens with one attached hydrogen (secondary N) is 1. The lowest BCUT2D eigenvalue weighted by Crippen LogP contribution is -2.20. The van der Waals surface area contributed by atoms with Gasteiger partial charge in [0.05, 0.1) is 25.7 Å². The molecule has 4 aromatic rings. The Morgan fingerprint density at radius 1 is 1.11 bits per heavy atom. The van der Waals surface area contributed by atoms with Crippen LogP contribution in [-0.4, -0.2) is 51.5 Å². The predicted octanol–water partition coefficient (Wildman–Crippen LogP) is 4.60. The fourth-order valence-electron chi connectivity index (χ4n) is 3.44. The van der Waals surface area contributed by atoms with Crippen molar-refractivity contribution in [1.29, 1.82) is 0 Å². The Hall–Kier alpha value is -4.31. The number of phenolic OH excluding ortho intramolecular Hbond substituents is 1. The van der Waals surface area contributed by atoms with Crippen molar-refractivity contribution in [3.8, 4) is 34.3 Å². The Morgan fingerprint density at radius 2 is 1.86 bits per heavy atom. The first-order chi connectivity index (χ1) is 18.0. The number of aryl methyl sites for hydroxylation is 1. The lowest BCUT2D eigenvalue weighted by atomic mass is 10.2. The first kappa shape index (κ1) is 25.8. The van der Waals surface area contributed by atoms with Crippen molar-refractivity contribution in [3.05, 3.63) is 77.9 Å². The number of hydrazone groups is 1. The number of carbonyl (C=O) groups excluding carboxylic acids is 1. The average molecular weight is 518 g/mol. The summed E-state index contributed by atoms with van der Waals surface area (Å²) in [4.78, 5) is 12.5. The van der Waals surface area contributed by atoms with Gasteiger partial charge in [-0.3, -0.25) is 9.36 Å². The van der Waals surface area contributed by atoms with Crippen LogP contribution in [0.25, 0.3) is 17.1 Å². The number of rotatable bonds is 10. The summed E-state index contributed by atoms with van der Waals surface area (Å²) in [5.41, 5.74) is 6.09. The molecule has 0 unspecified atom stereocenters. The van der Waals surface area contributed by atoms with E-state index in [9.17, 15) is 9.90 Å². The number of nitrogens with zero attached hydrogens (tertiary/aromatic N) is 4. The number of carbonyl (C=O) groups is 1. The van der Waals surface area contributed by atoms with Gasteiger partial charge in [-0.2, -0.15) is 5.10 Å². The quantitative estimate of drug-likeness (QED) is 0.180. The van der Waals surface area contributed by atoms with Crippen LogP contribution in [0.15, 0.2) is 77.0 Å². The van der Waals surface area contributed by atoms with Gasteiger partial charge >= 0.3 is 0 Å². The van der Waals surface area contributed by atoms with Crippen molar-refractivity contribution < 1.29 is 19.4 Å². The highest BCUT2D eigenvalue weighted by Gasteiger charge is 2.17. The minimum Gasteiger partial charge on any atom is -0.504 e. The van der Waals surface area contributed by atoms with Gasteiger partial charge in [0.15, 0.2) is 22.5 Å². The Morgan fingerprint density at radius 3 is 2.57 bits per heavy atom. The molecular formula is C27H27N5O4S. The first-order valence-corrected chi connectivity index (χ1v) is 12.5. The maximum atomic E-state index is 12.5. The molecule has 0 aliphatic carbocycles. The van der Waals surface area contributed by atoms with Gasteiger partial charge in [-0.15, -0.1) is 10.2 Å². The molecule has 0 bridgehead atoms. The van der Waals surface area contributed by atoms with Gasteiger partial charge in [-0.05, 0) is 74.0 Å². The van der Waals surface area contributed by atoms with E-state index in [1.165, 1.54) is 24.0 Å². The molecule has 37 heavy (non-hydrogen) atoms. The van der Waals surface area contributed by atoms with Gasteiger partial charge in [-0.1, -0.05) is 29.5 Å². The molecule has 3 aromatic carbocycles. The second kappa shape index (κ2) is 12.1. The minimum atomic E-state index is -0.297. The predicted molar refractivity (Wildman–Crippen MR) is 144 cm³/mol. The van der Waals surface area contributed by atoms with Crippen molar-refractivity contribution in [2.45, 2.75) is 19.0 Å². The lowest BCUT2D eigenvalue weighted by molar-refractivity contribution is -0.118. The molecule has 190 valence electrons. The van der Waals surface area contributed by atoms with Gasteiger partial charge in [0.2, 0.25) is 0 Å². The molecule has 0 fully saturated rings. The summed E-state index contributed by atoms with van der Waals surface area (Å²) in [7, 11) is 1.62. The van der Waals surface area contributed by atoms with Crippen LogP contribution in [0.5, 0.6) is 17.2 Å². The standard InChI is InChI=1S/C27H27N5O4S/c1-4-36-24-15-19(7-14-23(24)33)16-28-29-25(34)17-37-27-31-30-26(20-8-12-22(35-3)13-9-20)32(27)21-10-5-18(2)6-11-21/h5-16,33H,4,17H2,1-3H3,(H,29,34)/b28-16+. The second-order valence-corrected chi connectivity index (χ2v) is 8.89. The van der Waals surface area contributed by atoms with E-state index >= 15 is 0 Å². The normalized spacial score (nSPS) is 11.0. The molecule has 0 aliphatic heterocycles. The van der Waals surface area contributed by atoms with Crippen molar-refractivity contribution >= 4 is 23.9 Å². The molecule has 0 atom stereocenters. The number of benzene rings is 3. The molecular weight excluding hydrogens is 490 g/mol. The fraction of sp³-hybridized carbons (Fsp3) is 0.185. The van der Waals surface area contributed by atoms with Gasteiger partial charge in [0, 0.05) is 11.3 Å². The van der Waals surface area contributed by atoms with Crippen LogP contribution >= 0.6 is 11.8 Å². The monoisotopic (exact) mass is 517 g/mol. The van der Waals surface area contributed by atoms with Crippen LogP contribution in [0.3, 0.4) is 0 Å². The Labute approximate surface area is 219 Å². The molecule has 0 saturated heterocycles. The number of aromatic nitrogens is 3. The zero-order valence-electron chi connectivity index (χ0n) is 20.7. The smallest absolute Gasteiger partial charge is 0.250 e. The van der Waals surface area contributed by atoms with Crippen molar-refractivity contribution in [3.63, 3.8) is 0 Å². The molecule has 10 heteroatoms. The molecule has 9 nitrogen and oxygen atoms in total. The molecule has 1 aromatic heterocycles. The summed E-state index contributed by atoms with van der Waals surface area (Å²) in [6, 6.07) is 20.4. The third kappa shape index (κ3) is 6.47. The Bertz CT molecular complexity index is 1390. The Kier molecular flexibility index (Phi) is 8.42. The van der Waals surface area contributed by atoms with E-state index in [1.807, 2.05) is 66.9 Å². The number of hydrogen-bond donors (Lipinski definition) is 2. The van der Waals surface area contributed by atoms with E-state index in [4.69, 9.17) is 9.47 Å². The third-order valence-electron chi connectivity index (χ3n) is 5.29. The number of hydrogen-bond acceptors (Lipinski definition) is 8. The van der Waals surface area contributed by atoms with E-state index in [2.05, 4.69) is 20.7 Å². The zero-order valence-corrected chi connectivity index (χ0v) is 21.5. The van der Waals surface area contributed by atoms with E-state index < -0.39 is 0 Å². The van der Waals surface area contributed by atoms with Crippen molar-refractivity contribution in [2.24, 2.45) is 5.10 Å². The van der Waals surface area contributed by atoms with Gasteiger partial charge in [0.1, 0.15) is 5.75 Å². The van der Waals surface area contributed by atoms with Crippen LogP contribution in [0.4, 0.5) is 0 Å². The minimum absolute atomic E-state index is 0.0473. The van der Waals surface area contributed by atoms with Crippen LogP contribution in [-0.2, 0) is 4.79 Å². The van der Waals surface area contributed by atoms with Crippen molar-refractivity contribution in [1.82, 2.24) is 20.2 Å². The second-order valence-electron chi connectivity index (χ2n) is 7.95. The summed E-state index contributed by atoms with van der Waals surface area (Å²) < 4.78 is 12.6. The fourth-order valence-corrected chi connectivity index (χ4v) is 4.18. The topological polar surface area (TPSA) is 111 Å². The van der Waals surface area contributed by atoms with E-state index in [1.54, 1.807) is 19.2 Å². The molecule has 1 amide bonds.